The summed E-state index contributed by atoms with van der Waals surface area (Å²) in [7, 11) is 0. The highest BCUT2D eigenvalue weighted by Gasteiger charge is 2.14. The fraction of sp³-hybridized carbons (Fsp3) is 0.235. The van der Waals surface area contributed by atoms with Crippen LogP contribution in [0, 0.1) is 0 Å². The standard InChI is InChI=1S/C17H19ClN2O/c1-17(2,3)12-5-4-6-13(10-12)20-16(21)11-7-8-14(18)15(19)9-11/h4-10H,19H2,1-3H3,(H,20,21). The van der Waals surface area contributed by atoms with Gasteiger partial charge in [0.2, 0.25) is 0 Å². The summed E-state index contributed by atoms with van der Waals surface area (Å²) in [6, 6.07) is 12.7. The van der Waals surface area contributed by atoms with Gasteiger partial charge in [-0.1, -0.05) is 44.5 Å². The zero-order chi connectivity index (χ0) is 15.6. The fourth-order valence-corrected chi connectivity index (χ4v) is 2.07. The predicted octanol–water partition coefficient (Wildman–Crippen LogP) is 4.47. The largest absolute Gasteiger partial charge is 0.398 e. The van der Waals surface area contributed by atoms with Crippen molar-refractivity contribution in [2.75, 3.05) is 11.1 Å². The van der Waals surface area contributed by atoms with Crippen molar-refractivity contribution in [1.29, 1.82) is 0 Å². The van der Waals surface area contributed by atoms with E-state index in [2.05, 4.69) is 32.2 Å². The zero-order valence-corrected chi connectivity index (χ0v) is 13.2. The molecule has 0 saturated heterocycles. The van der Waals surface area contributed by atoms with Crippen LogP contribution in [0.3, 0.4) is 0 Å². The van der Waals surface area contributed by atoms with Crippen molar-refractivity contribution in [1.82, 2.24) is 0 Å². The number of nitrogens with two attached hydrogens (primary N) is 1. The van der Waals surface area contributed by atoms with Gasteiger partial charge in [0.05, 0.1) is 10.7 Å². The van der Waals surface area contributed by atoms with Crippen molar-refractivity contribution in [3.63, 3.8) is 0 Å². The molecule has 0 radical (unpaired) electrons. The summed E-state index contributed by atoms with van der Waals surface area (Å²) < 4.78 is 0. The lowest BCUT2D eigenvalue weighted by atomic mass is 9.87. The molecule has 3 N–H and O–H groups in total. The summed E-state index contributed by atoms with van der Waals surface area (Å²) in [5, 5.41) is 3.33. The molecule has 2 rings (SSSR count). The molecular weight excluding hydrogens is 284 g/mol. The summed E-state index contributed by atoms with van der Waals surface area (Å²) >= 11 is 5.86. The first-order chi connectivity index (χ1) is 9.77. The minimum atomic E-state index is -0.204. The number of anilines is 2. The Bertz CT molecular complexity index is 675. The van der Waals surface area contributed by atoms with Crippen molar-refractivity contribution in [2.24, 2.45) is 0 Å². The maximum absolute atomic E-state index is 12.2. The van der Waals surface area contributed by atoms with Gasteiger partial charge in [0.1, 0.15) is 0 Å². The summed E-state index contributed by atoms with van der Waals surface area (Å²) in [5.74, 6) is -0.204. The zero-order valence-electron chi connectivity index (χ0n) is 12.4. The summed E-state index contributed by atoms with van der Waals surface area (Å²) in [6.07, 6.45) is 0. The van der Waals surface area contributed by atoms with Crippen LogP contribution in [0.15, 0.2) is 42.5 Å². The van der Waals surface area contributed by atoms with Crippen molar-refractivity contribution in [3.05, 3.63) is 58.6 Å². The third-order valence-electron chi connectivity index (χ3n) is 3.24. The molecule has 0 heterocycles. The van der Waals surface area contributed by atoms with Crippen LogP contribution >= 0.6 is 11.6 Å². The monoisotopic (exact) mass is 302 g/mol. The number of nitrogens with one attached hydrogen (secondary N) is 1. The van der Waals surface area contributed by atoms with Gasteiger partial charge in [-0.05, 0) is 41.3 Å². The van der Waals surface area contributed by atoms with Crippen LogP contribution in [0.4, 0.5) is 11.4 Å². The molecule has 0 saturated carbocycles. The number of amides is 1. The number of benzene rings is 2. The van der Waals surface area contributed by atoms with Gasteiger partial charge < -0.3 is 11.1 Å². The molecular formula is C17H19ClN2O. The molecule has 110 valence electrons. The first-order valence-electron chi connectivity index (χ1n) is 6.74. The van der Waals surface area contributed by atoms with E-state index in [0.717, 1.165) is 11.3 Å². The molecule has 3 nitrogen and oxygen atoms in total. The third kappa shape index (κ3) is 3.76. The molecule has 21 heavy (non-hydrogen) atoms. The van der Waals surface area contributed by atoms with Gasteiger partial charge in [-0.2, -0.15) is 0 Å². The SMILES string of the molecule is CC(C)(C)c1cccc(NC(=O)c2ccc(Cl)c(N)c2)c1. The lowest BCUT2D eigenvalue weighted by Crippen LogP contribution is -2.14. The highest BCUT2D eigenvalue weighted by Crippen LogP contribution is 2.25. The van der Waals surface area contributed by atoms with E-state index in [1.165, 1.54) is 0 Å². The number of carbonyl (C=O) groups excluding carboxylic acids is 1. The summed E-state index contributed by atoms with van der Waals surface area (Å²) in [6.45, 7) is 6.40. The molecule has 0 unspecified atom stereocenters. The van der Waals surface area contributed by atoms with Crippen LogP contribution in [-0.2, 0) is 5.41 Å². The number of halogens is 1. The Balaban J connectivity index is 2.21. The second-order valence-corrected chi connectivity index (χ2v) is 6.43. The Morgan fingerprint density at radius 3 is 2.48 bits per heavy atom. The molecule has 0 spiro atoms. The van der Waals surface area contributed by atoms with Crippen molar-refractivity contribution < 1.29 is 4.79 Å². The molecule has 0 aliphatic rings. The van der Waals surface area contributed by atoms with E-state index < -0.39 is 0 Å². The molecule has 0 aliphatic heterocycles. The van der Waals surface area contributed by atoms with Crippen molar-refractivity contribution in [2.45, 2.75) is 26.2 Å². The molecule has 1 amide bonds. The summed E-state index contributed by atoms with van der Waals surface area (Å²) in [5.41, 5.74) is 8.56. The Labute approximate surface area is 130 Å². The third-order valence-corrected chi connectivity index (χ3v) is 3.59. The predicted molar refractivity (Wildman–Crippen MR) is 89.0 cm³/mol. The number of nitrogen functional groups attached to an aromatic ring is 1. The normalized spacial score (nSPS) is 11.2. The van der Waals surface area contributed by atoms with E-state index >= 15 is 0 Å². The smallest absolute Gasteiger partial charge is 0.255 e. The highest BCUT2D eigenvalue weighted by molar-refractivity contribution is 6.33. The van der Waals surface area contributed by atoms with Crippen molar-refractivity contribution >= 4 is 28.9 Å². The van der Waals surface area contributed by atoms with E-state index in [1.807, 2.05) is 18.2 Å². The molecule has 0 bridgehead atoms. The highest BCUT2D eigenvalue weighted by atomic mass is 35.5. The van der Waals surface area contributed by atoms with Crippen LogP contribution < -0.4 is 11.1 Å². The Kier molecular flexibility index (Phi) is 4.24. The number of hydrogen-bond acceptors (Lipinski definition) is 2. The lowest BCUT2D eigenvalue weighted by Gasteiger charge is -2.19. The van der Waals surface area contributed by atoms with Gasteiger partial charge in [-0.25, -0.2) is 0 Å². The van der Waals surface area contributed by atoms with E-state index in [4.69, 9.17) is 17.3 Å². The molecule has 0 aliphatic carbocycles. The maximum Gasteiger partial charge on any atom is 0.255 e. The molecule has 2 aromatic rings. The van der Waals surface area contributed by atoms with Crippen LogP contribution in [0.25, 0.3) is 0 Å². The molecule has 0 aromatic heterocycles. The molecule has 0 fully saturated rings. The van der Waals surface area contributed by atoms with E-state index in [1.54, 1.807) is 18.2 Å². The Morgan fingerprint density at radius 2 is 1.86 bits per heavy atom. The summed E-state index contributed by atoms with van der Waals surface area (Å²) in [4.78, 5) is 12.2. The fourth-order valence-electron chi connectivity index (χ4n) is 1.95. The first-order valence-corrected chi connectivity index (χ1v) is 7.12. The molecule has 4 heteroatoms. The van der Waals surface area contributed by atoms with E-state index in [-0.39, 0.29) is 11.3 Å². The van der Waals surface area contributed by atoms with Gasteiger partial charge in [0.25, 0.3) is 5.91 Å². The second kappa shape index (κ2) is 5.78. The first kappa shape index (κ1) is 15.4. The number of rotatable bonds is 2. The topological polar surface area (TPSA) is 55.1 Å². The molecule has 0 atom stereocenters. The van der Waals surface area contributed by atoms with Crippen molar-refractivity contribution in [3.8, 4) is 0 Å². The quantitative estimate of drug-likeness (QED) is 0.804. The van der Waals surface area contributed by atoms with Gasteiger partial charge in [-0.15, -0.1) is 0 Å². The van der Waals surface area contributed by atoms with Crippen LogP contribution in [0.2, 0.25) is 5.02 Å². The van der Waals surface area contributed by atoms with Gasteiger partial charge >= 0.3 is 0 Å². The van der Waals surface area contributed by atoms with Gasteiger partial charge in [0, 0.05) is 11.3 Å². The van der Waals surface area contributed by atoms with Gasteiger partial charge in [0.15, 0.2) is 0 Å². The minimum Gasteiger partial charge on any atom is -0.398 e. The molecule has 2 aromatic carbocycles. The van der Waals surface area contributed by atoms with E-state index in [0.29, 0.717) is 16.3 Å². The van der Waals surface area contributed by atoms with E-state index in [9.17, 15) is 4.79 Å². The second-order valence-electron chi connectivity index (χ2n) is 6.02. The number of hydrogen-bond donors (Lipinski definition) is 2. The maximum atomic E-state index is 12.2. The Morgan fingerprint density at radius 1 is 1.14 bits per heavy atom. The number of carbonyl (C=O) groups is 1. The van der Waals surface area contributed by atoms with Crippen LogP contribution in [0.1, 0.15) is 36.7 Å². The minimum absolute atomic E-state index is 0.0332. The van der Waals surface area contributed by atoms with Crippen LogP contribution in [0.5, 0.6) is 0 Å². The Hall–Kier alpha value is -2.00. The van der Waals surface area contributed by atoms with Gasteiger partial charge in [-0.3, -0.25) is 4.79 Å². The average molecular weight is 303 g/mol. The lowest BCUT2D eigenvalue weighted by molar-refractivity contribution is 0.102. The van der Waals surface area contributed by atoms with Crippen LogP contribution in [-0.4, -0.2) is 5.91 Å². The average Bonchev–Trinajstić information content (AvgIpc) is 2.41.